The van der Waals surface area contributed by atoms with Gasteiger partial charge in [0, 0.05) is 34.6 Å². The molecular formula is C20H19ClN2O. The van der Waals surface area contributed by atoms with Crippen molar-refractivity contribution < 1.29 is 4.79 Å². The number of carbonyl (C=O) groups excluding carboxylic acids is 1. The normalized spacial score (nSPS) is 23.7. The van der Waals surface area contributed by atoms with Gasteiger partial charge in [0.05, 0.1) is 11.6 Å². The van der Waals surface area contributed by atoms with Crippen molar-refractivity contribution in [1.29, 1.82) is 0 Å². The van der Waals surface area contributed by atoms with Crippen LogP contribution in [-0.2, 0) is 4.79 Å². The summed E-state index contributed by atoms with van der Waals surface area (Å²) in [5.74, 6) is -0.0546. The number of aryl methyl sites for hydroxylation is 1. The summed E-state index contributed by atoms with van der Waals surface area (Å²) in [4.78, 5) is 20.1. The van der Waals surface area contributed by atoms with Gasteiger partial charge in [-0.25, -0.2) is 0 Å². The van der Waals surface area contributed by atoms with E-state index in [1.54, 1.807) is 6.20 Å². The van der Waals surface area contributed by atoms with Gasteiger partial charge in [-0.15, -0.1) is 0 Å². The third kappa shape index (κ3) is 3.80. The van der Waals surface area contributed by atoms with Gasteiger partial charge in [0.2, 0.25) is 0 Å². The van der Waals surface area contributed by atoms with E-state index in [0.717, 1.165) is 46.7 Å². The molecule has 1 aliphatic heterocycles. The first-order valence-corrected chi connectivity index (χ1v) is 8.42. The summed E-state index contributed by atoms with van der Waals surface area (Å²) in [6, 6.07) is 4.04. The smallest absolute Gasteiger partial charge is 0.130 e. The average molecular weight is 339 g/mol. The Balaban J connectivity index is 1.98. The number of halogens is 1. The van der Waals surface area contributed by atoms with Crippen molar-refractivity contribution in [3.8, 4) is 0 Å². The van der Waals surface area contributed by atoms with Gasteiger partial charge in [0.25, 0.3) is 0 Å². The first kappa shape index (κ1) is 16.6. The molecule has 24 heavy (non-hydrogen) atoms. The minimum atomic E-state index is -0.173. The monoisotopic (exact) mass is 338 g/mol. The number of hydrogen-bond donors (Lipinski definition) is 0. The summed E-state index contributed by atoms with van der Waals surface area (Å²) < 4.78 is 0. The fourth-order valence-electron chi connectivity index (χ4n) is 2.89. The maximum absolute atomic E-state index is 11.0. The lowest BCUT2D eigenvalue weighted by atomic mass is 9.86. The molecule has 0 fully saturated rings. The van der Waals surface area contributed by atoms with E-state index in [-0.39, 0.29) is 11.8 Å². The highest BCUT2D eigenvalue weighted by molar-refractivity contribution is 6.29. The quantitative estimate of drug-likeness (QED) is 0.759. The van der Waals surface area contributed by atoms with E-state index < -0.39 is 0 Å². The van der Waals surface area contributed by atoms with Gasteiger partial charge in [0.1, 0.15) is 6.29 Å². The largest absolute Gasteiger partial charge is 0.302 e. The molecular weight excluding hydrogens is 320 g/mol. The van der Waals surface area contributed by atoms with Crippen LogP contribution >= 0.6 is 11.6 Å². The van der Waals surface area contributed by atoms with Crippen LogP contribution in [0.1, 0.15) is 24.1 Å². The Morgan fingerprint density at radius 1 is 1.29 bits per heavy atom. The number of allylic oxidation sites excluding steroid dienone is 7. The molecule has 1 aromatic heterocycles. The number of rotatable bonds is 3. The van der Waals surface area contributed by atoms with Gasteiger partial charge >= 0.3 is 0 Å². The maximum atomic E-state index is 11.0. The Hall–Kier alpha value is -2.26. The van der Waals surface area contributed by atoms with Crippen molar-refractivity contribution in [1.82, 2.24) is 4.98 Å². The Bertz CT molecular complexity index is 769. The van der Waals surface area contributed by atoms with E-state index in [0.29, 0.717) is 0 Å². The van der Waals surface area contributed by atoms with Crippen LogP contribution in [-0.4, -0.2) is 17.0 Å². The van der Waals surface area contributed by atoms with E-state index in [9.17, 15) is 4.79 Å². The molecule has 4 heteroatoms. The molecule has 3 rings (SSSR count). The Kier molecular flexibility index (Phi) is 5.21. The zero-order chi connectivity index (χ0) is 16.9. The highest BCUT2D eigenvalue weighted by atomic mass is 35.5. The maximum Gasteiger partial charge on any atom is 0.130 e. The van der Waals surface area contributed by atoms with Gasteiger partial charge in [-0.3, -0.25) is 9.98 Å². The highest BCUT2D eigenvalue weighted by Crippen LogP contribution is 2.30. The zero-order valence-electron chi connectivity index (χ0n) is 13.5. The van der Waals surface area contributed by atoms with E-state index in [1.807, 2.05) is 49.6 Å². The standard InChI is InChI=1S/C20H19ClN2O/c1-14-5-7-17(11-22-14)20-19(10-9-18(21)12-23-20)16-4-2-3-15(13-24)6-8-16/h2-8,11-13,15,19H,9-10H2,1H3. The van der Waals surface area contributed by atoms with Crippen molar-refractivity contribution in [3.05, 3.63) is 76.8 Å². The first-order chi connectivity index (χ1) is 11.7. The van der Waals surface area contributed by atoms with Crippen molar-refractivity contribution in [2.45, 2.75) is 19.8 Å². The number of hydrogen-bond acceptors (Lipinski definition) is 3. The van der Waals surface area contributed by atoms with Gasteiger partial charge < -0.3 is 4.79 Å². The van der Waals surface area contributed by atoms with E-state index >= 15 is 0 Å². The Labute approximate surface area is 147 Å². The number of aromatic nitrogens is 1. The predicted molar refractivity (Wildman–Crippen MR) is 98.1 cm³/mol. The fourth-order valence-corrected chi connectivity index (χ4v) is 3.05. The van der Waals surface area contributed by atoms with Crippen LogP contribution in [0, 0.1) is 18.8 Å². The predicted octanol–water partition coefficient (Wildman–Crippen LogP) is 4.54. The molecule has 0 aromatic carbocycles. The minimum absolute atomic E-state index is 0.119. The van der Waals surface area contributed by atoms with E-state index in [1.165, 1.54) is 0 Å². The molecule has 0 saturated heterocycles. The zero-order valence-corrected chi connectivity index (χ0v) is 14.3. The lowest BCUT2D eigenvalue weighted by molar-refractivity contribution is -0.108. The topological polar surface area (TPSA) is 42.3 Å². The van der Waals surface area contributed by atoms with E-state index in [2.05, 4.69) is 16.1 Å². The number of aliphatic imine (C=N–C) groups is 1. The summed E-state index contributed by atoms with van der Waals surface area (Å²) in [5, 5.41) is 0.759. The van der Waals surface area contributed by atoms with Gasteiger partial charge in [-0.05, 0) is 37.5 Å². The molecule has 0 radical (unpaired) electrons. The number of nitrogens with zero attached hydrogens (tertiary/aromatic N) is 2. The summed E-state index contributed by atoms with van der Waals surface area (Å²) in [5.41, 5.74) is 4.08. The Morgan fingerprint density at radius 3 is 2.92 bits per heavy atom. The lowest BCUT2D eigenvalue weighted by Gasteiger charge is -2.19. The molecule has 122 valence electrons. The summed E-state index contributed by atoms with van der Waals surface area (Å²) in [6.07, 6.45) is 16.0. The van der Waals surface area contributed by atoms with Gasteiger partial charge in [-0.2, -0.15) is 0 Å². The number of carbonyl (C=O) groups is 1. The van der Waals surface area contributed by atoms with Gasteiger partial charge in [0.15, 0.2) is 0 Å². The van der Waals surface area contributed by atoms with Crippen LogP contribution in [0.2, 0.25) is 0 Å². The van der Waals surface area contributed by atoms with Crippen molar-refractivity contribution >= 4 is 23.6 Å². The molecule has 2 heterocycles. The van der Waals surface area contributed by atoms with Crippen LogP contribution in [0.25, 0.3) is 0 Å². The van der Waals surface area contributed by atoms with Crippen LogP contribution in [0.5, 0.6) is 0 Å². The molecule has 2 aliphatic rings. The average Bonchev–Trinajstić information content (AvgIpc) is 2.94. The third-order valence-corrected chi connectivity index (χ3v) is 4.53. The highest BCUT2D eigenvalue weighted by Gasteiger charge is 2.23. The second-order valence-corrected chi connectivity index (χ2v) is 6.48. The Morgan fingerprint density at radius 2 is 2.17 bits per heavy atom. The summed E-state index contributed by atoms with van der Waals surface area (Å²) >= 11 is 6.22. The molecule has 2 unspecified atom stereocenters. The molecule has 1 aromatic rings. The van der Waals surface area contributed by atoms with Crippen molar-refractivity contribution in [2.75, 3.05) is 0 Å². The summed E-state index contributed by atoms with van der Waals surface area (Å²) in [6.45, 7) is 1.97. The molecule has 2 atom stereocenters. The molecule has 0 bridgehead atoms. The molecule has 3 nitrogen and oxygen atoms in total. The molecule has 0 amide bonds. The van der Waals surface area contributed by atoms with Crippen molar-refractivity contribution in [2.24, 2.45) is 16.8 Å². The van der Waals surface area contributed by atoms with Crippen LogP contribution < -0.4 is 0 Å². The van der Waals surface area contributed by atoms with Crippen LogP contribution in [0.4, 0.5) is 0 Å². The molecule has 0 saturated carbocycles. The van der Waals surface area contributed by atoms with Crippen LogP contribution in [0.3, 0.4) is 0 Å². The van der Waals surface area contributed by atoms with E-state index in [4.69, 9.17) is 11.6 Å². The minimum Gasteiger partial charge on any atom is -0.302 e. The van der Waals surface area contributed by atoms with Crippen molar-refractivity contribution in [3.63, 3.8) is 0 Å². The first-order valence-electron chi connectivity index (χ1n) is 8.04. The lowest BCUT2D eigenvalue weighted by Crippen LogP contribution is -2.17. The van der Waals surface area contributed by atoms with Crippen LogP contribution in [0.15, 0.2) is 70.5 Å². The number of aldehydes is 1. The van der Waals surface area contributed by atoms with Gasteiger partial charge in [-0.1, -0.05) is 42.0 Å². The third-order valence-electron chi connectivity index (χ3n) is 4.25. The molecule has 0 spiro atoms. The molecule has 1 aliphatic carbocycles. The second kappa shape index (κ2) is 7.54. The molecule has 0 N–H and O–H groups in total. The fraction of sp³-hybridized carbons (Fsp3) is 0.250. The summed E-state index contributed by atoms with van der Waals surface area (Å²) in [7, 11) is 0. The second-order valence-electron chi connectivity index (χ2n) is 5.99. The number of pyridine rings is 1. The SMILES string of the molecule is Cc1ccc(C2=NC=C(Cl)CCC2C2=CC=CC(C=O)C=C2)cn1.